The van der Waals surface area contributed by atoms with Crippen LogP contribution in [-0.4, -0.2) is 20.9 Å². The minimum Gasteiger partial charge on any atom is -0.477 e. The molecule has 2 rings (SSSR count). The van der Waals surface area contributed by atoms with Gasteiger partial charge in [0, 0.05) is 0 Å². The lowest BCUT2D eigenvalue weighted by Gasteiger charge is -2.07. The zero-order valence-electron chi connectivity index (χ0n) is 10.9. The monoisotopic (exact) mass is 300 g/mol. The molecular weight excluding hydrogens is 289 g/mol. The molecule has 8 heteroatoms. The van der Waals surface area contributed by atoms with Gasteiger partial charge in [-0.25, -0.2) is 9.48 Å². The number of carboxylic acid groups (broad SMARTS) is 1. The zero-order valence-corrected chi connectivity index (χ0v) is 10.9. The van der Waals surface area contributed by atoms with Crippen LogP contribution in [0, 0.1) is 0 Å². The number of nitrogens with one attached hydrogen (secondary N) is 1. The maximum absolute atomic E-state index is 12.5. The molecule has 0 aliphatic rings. The topological polar surface area (TPSA) is 75.1 Å². The van der Waals surface area contributed by atoms with Crippen LogP contribution in [0.2, 0.25) is 0 Å². The summed E-state index contributed by atoms with van der Waals surface area (Å²) in [6, 6.07) is 3.86. The SMILES string of the molecule is CCc1[nH]n(-c2ccc(C(F)(F)F)cc2)c(=O)c1C(=O)O. The quantitative estimate of drug-likeness (QED) is 0.914. The second-order valence-corrected chi connectivity index (χ2v) is 4.31. The van der Waals surface area contributed by atoms with Gasteiger partial charge in [0.25, 0.3) is 5.56 Å². The molecule has 0 aliphatic carbocycles. The van der Waals surface area contributed by atoms with E-state index >= 15 is 0 Å². The Hall–Kier alpha value is -2.51. The van der Waals surface area contributed by atoms with Gasteiger partial charge in [0.05, 0.1) is 16.9 Å². The Morgan fingerprint density at radius 2 is 1.86 bits per heavy atom. The third-order valence-electron chi connectivity index (χ3n) is 2.99. The maximum atomic E-state index is 12.5. The Morgan fingerprint density at radius 1 is 1.29 bits per heavy atom. The lowest BCUT2D eigenvalue weighted by molar-refractivity contribution is -0.137. The lowest BCUT2D eigenvalue weighted by atomic mass is 10.2. The highest BCUT2D eigenvalue weighted by Gasteiger charge is 2.30. The number of hydrogen-bond donors (Lipinski definition) is 2. The number of H-pyrrole nitrogens is 1. The van der Waals surface area contributed by atoms with Gasteiger partial charge in [-0.15, -0.1) is 0 Å². The molecule has 112 valence electrons. The number of aromatic carboxylic acids is 1. The van der Waals surface area contributed by atoms with Gasteiger partial charge < -0.3 is 5.11 Å². The molecule has 1 aromatic carbocycles. The van der Waals surface area contributed by atoms with Crippen LogP contribution in [0.1, 0.15) is 28.5 Å². The normalized spacial score (nSPS) is 11.6. The number of carbonyl (C=O) groups is 1. The summed E-state index contributed by atoms with van der Waals surface area (Å²) in [5.41, 5.74) is -1.71. The second kappa shape index (κ2) is 5.12. The molecule has 1 heterocycles. The van der Waals surface area contributed by atoms with Gasteiger partial charge in [-0.3, -0.25) is 9.89 Å². The van der Waals surface area contributed by atoms with Crippen molar-refractivity contribution in [2.24, 2.45) is 0 Å². The van der Waals surface area contributed by atoms with E-state index in [0.29, 0.717) is 0 Å². The molecule has 0 radical (unpaired) electrons. The predicted octanol–water partition coefficient (Wildman–Crippen LogP) is 2.44. The Kier molecular flexibility index (Phi) is 3.63. The molecule has 0 saturated carbocycles. The van der Waals surface area contributed by atoms with Gasteiger partial charge in [-0.2, -0.15) is 13.2 Å². The average Bonchev–Trinajstić information content (AvgIpc) is 2.75. The predicted molar refractivity (Wildman–Crippen MR) is 67.7 cm³/mol. The fourth-order valence-electron chi connectivity index (χ4n) is 1.94. The summed E-state index contributed by atoms with van der Waals surface area (Å²) in [4.78, 5) is 23.1. The van der Waals surface area contributed by atoms with Crippen molar-refractivity contribution in [1.82, 2.24) is 9.78 Å². The average molecular weight is 300 g/mol. The highest BCUT2D eigenvalue weighted by molar-refractivity contribution is 5.88. The molecule has 1 aromatic heterocycles. The molecule has 0 amide bonds. The molecule has 0 saturated heterocycles. The van der Waals surface area contributed by atoms with Crippen molar-refractivity contribution in [2.75, 3.05) is 0 Å². The summed E-state index contributed by atoms with van der Waals surface area (Å²) in [6.45, 7) is 1.66. The number of alkyl halides is 3. The van der Waals surface area contributed by atoms with Crippen molar-refractivity contribution in [3.05, 3.63) is 51.4 Å². The first-order valence-corrected chi connectivity index (χ1v) is 6.00. The Bertz CT molecular complexity index is 727. The first-order valence-electron chi connectivity index (χ1n) is 6.00. The zero-order chi connectivity index (χ0) is 15.8. The number of nitrogens with zero attached hydrogens (tertiary/aromatic N) is 1. The summed E-state index contributed by atoms with van der Waals surface area (Å²) in [6.07, 6.45) is -4.19. The van der Waals surface area contributed by atoms with E-state index in [1.165, 1.54) is 0 Å². The summed E-state index contributed by atoms with van der Waals surface area (Å²) in [5.74, 6) is -1.38. The molecule has 0 fully saturated rings. The van der Waals surface area contributed by atoms with Crippen LogP contribution in [0.4, 0.5) is 13.2 Å². The van der Waals surface area contributed by atoms with Crippen LogP contribution in [-0.2, 0) is 12.6 Å². The van der Waals surface area contributed by atoms with E-state index < -0.39 is 28.8 Å². The molecular formula is C13H11F3N2O3. The lowest BCUT2D eigenvalue weighted by Crippen LogP contribution is -2.20. The fourth-order valence-corrected chi connectivity index (χ4v) is 1.94. The number of rotatable bonds is 3. The first kappa shape index (κ1) is 14.9. The summed E-state index contributed by atoms with van der Waals surface area (Å²) >= 11 is 0. The maximum Gasteiger partial charge on any atom is 0.416 e. The van der Waals surface area contributed by atoms with Crippen molar-refractivity contribution in [1.29, 1.82) is 0 Å². The van der Waals surface area contributed by atoms with E-state index in [4.69, 9.17) is 5.11 Å². The molecule has 2 aromatic rings. The molecule has 0 spiro atoms. The highest BCUT2D eigenvalue weighted by atomic mass is 19.4. The van der Waals surface area contributed by atoms with E-state index in [1.54, 1.807) is 6.92 Å². The van der Waals surface area contributed by atoms with E-state index in [0.717, 1.165) is 28.9 Å². The fraction of sp³-hybridized carbons (Fsp3) is 0.231. The number of aromatic amines is 1. The Balaban J connectivity index is 2.53. The Labute approximate surface area is 116 Å². The van der Waals surface area contributed by atoms with E-state index in [-0.39, 0.29) is 17.8 Å². The van der Waals surface area contributed by atoms with E-state index in [2.05, 4.69) is 5.10 Å². The number of halogens is 3. The van der Waals surface area contributed by atoms with Crippen molar-refractivity contribution >= 4 is 5.97 Å². The molecule has 0 atom stereocenters. The van der Waals surface area contributed by atoms with Crippen LogP contribution < -0.4 is 5.56 Å². The van der Waals surface area contributed by atoms with E-state index in [1.807, 2.05) is 0 Å². The Morgan fingerprint density at radius 3 is 2.24 bits per heavy atom. The number of benzene rings is 1. The second-order valence-electron chi connectivity index (χ2n) is 4.31. The summed E-state index contributed by atoms with van der Waals surface area (Å²) in [7, 11) is 0. The van der Waals surface area contributed by atoms with Crippen molar-refractivity contribution in [2.45, 2.75) is 19.5 Å². The largest absolute Gasteiger partial charge is 0.477 e. The van der Waals surface area contributed by atoms with Crippen molar-refractivity contribution in [3.8, 4) is 5.69 Å². The minimum atomic E-state index is -4.47. The number of carboxylic acids is 1. The van der Waals surface area contributed by atoms with Gasteiger partial charge in [-0.1, -0.05) is 6.92 Å². The number of aromatic nitrogens is 2. The van der Waals surface area contributed by atoms with Crippen LogP contribution in [0.25, 0.3) is 5.69 Å². The summed E-state index contributed by atoms with van der Waals surface area (Å²) in [5, 5.41) is 11.6. The minimum absolute atomic E-state index is 0.134. The third-order valence-corrected chi connectivity index (χ3v) is 2.99. The molecule has 0 bridgehead atoms. The van der Waals surface area contributed by atoms with Crippen molar-refractivity contribution in [3.63, 3.8) is 0 Å². The number of hydrogen-bond acceptors (Lipinski definition) is 2. The van der Waals surface area contributed by atoms with Gasteiger partial charge in [0.15, 0.2) is 0 Å². The molecule has 2 N–H and O–H groups in total. The van der Waals surface area contributed by atoms with Crippen LogP contribution in [0.3, 0.4) is 0 Å². The van der Waals surface area contributed by atoms with Crippen LogP contribution in [0.15, 0.2) is 29.1 Å². The first-order chi connectivity index (χ1) is 9.75. The van der Waals surface area contributed by atoms with Gasteiger partial charge in [-0.05, 0) is 30.7 Å². The standard InChI is InChI=1S/C13H11F3N2O3/c1-2-9-10(12(20)21)11(19)18(17-9)8-5-3-7(4-6-8)13(14,15)16/h3-6,17H,2H2,1H3,(H,20,21). The van der Waals surface area contributed by atoms with Gasteiger partial charge >= 0.3 is 12.1 Å². The highest BCUT2D eigenvalue weighted by Crippen LogP contribution is 2.29. The van der Waals surface area contributed by atoms with Gasteiger partial charge in [0.2, 0.25) is 0 Å². The van der Waals surface area contributed by atoms with Crippen molar-refractivity contribution < 1.29 is 23.1 Å². The summed E-state index contributed by atoms with van der Waals surface area (Å²) < 4.78 is 38.3. The molecule has 21 heavy (non-hydrogen) atoms. The third kappa shape index (κ3) is 2.69. The molecule has 0 unspecified atom stereocenters. The molecule has 0 aliphatic heterocycles. The van der Waals surface area contributed by atoms with Gasteiger partial charge in [0.1, 0.15) is 5.56 Å². The van der Waals surface area contributed by atoms with Crippen LogP contribution in [0.5, 0.6) is 0 Å². The van der Waals surface area contributed by atoms with Crippen LogP contribution >= 0.6 is 0 Å². The van der Waals surface area contributed by atoms with E-state index in [9.17, 15) is 22.8 Å². The molecule has 5 nitrogen and oxygen atoms in total. The number of aryl methyl sites for hydroxylation is 1. The smallest absolute Gasteiger partial charge is 0.416 e.